The predicted octanol–water partition coefficient (Wildman–Crippen LogP) is 1.04. The number of benzene rings is 2. The number of halogens is 2. The summed E-state index contributed by atoms with van der Waals surface area (Å²) in [5, 5.41) is 5.39. The molecule has 0 saturated heterocycles. The minimum Gasteiger partial charge on any atom is -1.00 e. The number of allylic oxidation sites excluding steroid dienone is 4. The number of rotatable bonds is 2. The van der Waals surface area contributed by atoms with Gasteiger partial charge in [-0.05, 0) is 0 Å². The fraction of sp³-hybridized carbons (Fsp3) is 0.280. The molecule has 0 radical (unpaired) electrons. The normalized spacial score (nSPS) is 11.4. The van der Waals surface area contributed by atoms with Crippen LogP contribution in [0, 0.1) is 17.9 Å². The Morgan fingerprint density at radius 3 is 1.61 bits per heavy atom. The van der Waals surface area contributed by atoms with Crippen molar-refractivity contribution < 1.29 is 48.7 Å². The van der Waals surface area contributed by atoms with Crippen molar-refractivity contribution in [2.45, 2.75) is 34.1 Å². The predicted molar refractivity (Wildman–Crippen MR) is 113 cm³/mol. The molecule has 0 unspecified atom stereocenters. The van der Waals surface area contributed by atoms with Gasteiger partial charge in [0.1, 0.15) is 0 Å². The van der Waals surface area contributed by atoms with Crippen LogP contribution in [0.3, 0.4) is 0 Å². The molecule has 0 spiro atoms. The molecule has 3 aromatic rings. The smallest absolute Gasteiger partial charge is 0.0771 e. The van der Waals surface area contributed by atoms with Crippen LogP contribution in [0.4, 0.5) is 0 Å². The summed E-state index contributed by atoms with van der Waals surface area (Å²) in [7, 11) is 0. The van der Waals surface area contributed by atoms with Gasteiger partial charge in [0.25, 0.3) is 0 Å². The summed E-state index contributed by atoms with van der Waals surface area (Å²) in [4.78, 5) is 0. The molecule has 4 rings (SSSR count). The molecule has 0 heterocycles. The molecule has 0 aromatic heterocycles. The van der Waals surface area contributed by atoms with Crippen LogP contribution < -0.4 is 24.8 Å². The average molecular weight is 578 g/mol. The van der Waals surface area contributed by atoms with E-state index in [4.69, 9.17) is 0 Å². The first-order chi connectivity index (χ1) is 12.5. The SMILES string of the molecule is CC(C)[C](=[Hf+2])C(C)C.[C-]1=CC=CC1.[Cl-].[Cl-].c1ccc2c(c1)[cH-]c1ccccc12. The van der Waals surface area contributed by atoms with Crippen molar-refractivity contribution >= 4 is 24.8 Å². The zero-order valence-corrected chi connectivity index (χ0v) is 22.2. The molecule has 1 aliphatic rings. The fourth-order valence-electron chi connectivity index (χ4n) is 2.91. The second-order valence-electron chi connectivity index (χ2n) is 7.09. The Hall–Kier alpha value is -0.890. The summed E-state index contributed by atoms with van der Waals surface area (Å²) < 4.78 is 1.74. The van der Waals surface area contributed by atoms with Crippen molar-refractivity contribution in [2.75, 3.05) is 0 Å². The summed E-state index contributed by atoms with van der Waals surface area (Å²) in [5.74, 6) is 1.64. The Kier molecular flexibility index (Phi) is 13.7. The van der Waals surface area contributed by atoms with Gasteiger partial charge in [0.2, 0.25) is 0 Å². The Balaban J connectivity index is 0.000000423. The second kappa shape index (κ2) is 14.1. The van der Waals surface area contributed by atoms with Crippen LogP contribution in [0.2, 0.25) is 0 Å². The van der Waals surface area contributed by atoms with E-state index in [1.807, 2.05) is 12.2 Å². The molecular weight excluding hydrogens is 550 g/mol. The van der Waals surface area contributed by atoms with E-state index in [0.717, 1.165) is 18.3 Å². The fourth-order valence-corrected chi connectivity index (χ4v) is 2.91. The van der Waals surface area contributed by atoms with Crippen molar-refractivity contribution in [1.82, 2.24) is 0 Å². The van der Waals surface area contributed by atoms with Crippen molar-refractivity contribution in [3.63, 3.8) is 0 Å². The quantitative estimate of drug-likeness (QED) is 0.316. The Bertz CT molecular complexity index is 831. The van der Waals surface area contributed by atoms with Crippen molar-refractivity contribution in [3.05, 3.63) is 78.9 Å². The maximum Gasteiger partial charge on any atom is -0.0771 e. The largest absolute Gasteiger partial charge is 1.00 e. The van der Waals surface area contributed by atoms with E-state index >= 15 is 0 Å². The summed E-state index contributed by atoms with van der Waals surface area (Å²) in [6, 6.07) is 19.3. The van der Waals surface area contributed by atoms with Crippen molar-refractivity contribution in [3.8, 4) is 0 Å². The first-order valence-electron chi connectivity index (χ1n) is 9.34. The number of hydrogen-bond donors (Lipinski definition) is 0. The van der Waals surface area contributed by atoms with E-state index in [2.05, 4.69) is 94.4 Å². The molecule has 148 valence electrons. The molecule has 0 amide bonds. The summed E-state index contributed by atoms with van der Waals surface area (Å²) in [5.41, 5.74) is 0. The Labute approximate surface area is 197 Å². The molecule has 0 fully saturated rings. The topological polar surface area (TPSA) is 0 Å². The molecular formula is C25H28Cl2Hf-2. The second-order valence-corrected chi connectivity index (χ2v) is 9.16. The molecule has 0 atom stereocenters. The van der Waals surface area contributed by atoms with E-state index in [1.165, 1.54) is 45.4 Å². The monoisotopic (exact) mass is 578 g/mol. The van der Waals surface area contributed by atoms with Crippen LogP contribution in [0.25, 0.3) is 21.5 Å². The summed E-state index contributed by atoms with van der Waals surface area (Å²) in [6.45, 7) is 9.12. The minimum absolute atomic E-state index is 0. The molecule has 0 aliphatic heterocycles. The molecule has 0 saturated carbocycles. The Morgan fingerprint density at radius 2 is 1.32 bits per heavy atom. The van der Waals surface area contributed by atoms with Gasteiger partial charge in [-0.2, -0.15) is 6.08 Å². The average Bonchev–Trinajstić information content (AvgIpc) is 3.32. The van der Waals surface area contributed by atoms with Gasteiger partial charge in [0, 0.05) is 0 Å². The van der Waals surface area contributed by atoms with Crippen LogP contribution in [0.5, 0.6) is 0 Å². The number of fused-ring (bicyclic) bond motifs is 3. The van der Waals surface area contributed by atoms with Gasteiger partial charge in [-0.1, -0.05) is 36.4 Å². The molecule has 0 N–H and O–H groups in total. The zero-order valence-electron chi connectivity index (χ0n) is 17.0. The van der Waals surface area contributed by atoms with Gasteiger partial charge in [-0.25, -0.2) is 12.2 Å². The van der Waals surface area contributed by atoms with Gasteiger partial charge in [-0.3, -0.25) is 6.08 Å². The first kappa shape index (κ1) is 27.1. The van der Waals surface area contributed by atoms with Crippen LogP contribution in [-0.2, 0) is 23.9 Å². The van der Waals surface area contributed by atoms with Gasteiger partial charge in [-0.15, -0.1) is 46.2 Å². The third kappa shape index (κ3) is 8.23. The third-order valence-corrected chi connectivity index (χ3v) is 8.50. The van der Waals surface area contributed by atoms with Gasteiger partial charge in [0.05, 0.1) is 0 Å². The summed E-state index contributed by atoms with van der Waals surface area (Å²) in [6.07, 6.45) is 10.0. The number of hydrogen-bond acceptors (Lipinski definition) is 0. The molecule has 3 heteroatoms. The van der Waals surface area contributed by atoms with E-state index in [9.17, 15) is 0 Å². The van der Waals surface area contributed by atoms with Crippen LogP contribution in [0.1, 0.15) is 34.1 Å². The van der Waals surface area contributed by atoms with Crippen LogP contribution in [0.15, 0.2) is 72.8 Å². The van der Waals surface area contributed by atoms with Gasteiger partial charge in [0.15, 0.2) is 0 Å². The van der Waals surface area contributed by atoms with Gasteiger partial charge >= 0.3 is 66.7 Å². The molecule has 0 bridgehead atoms. The van der Waals surface area contributed by atoms with E-state index in [1.54, 1.807) is 3.26 Å². The van der Waals surface area contributed by atoms with Crippen LogP contribution >= 0.6 is 0 Å². The third-order valence-electron chi connectivity index (χ3n) is 4.35. The minimum atomic E-state index is 0. The van der Waals surface area contributed by atoms with Gasteiger partial charge < -0.3 is 24.8 Å². The Morgan fingerprint density at radius 1 is 0.857 bits per heavy atom. The van der Waals surface area contributed by atoms with E-state index in [0.29, 0.717) is 0 Å². The zero-order chi connectivity index (χ0) is 18.9. The standard InChI is InChI=1S/C13H9.C7H14.C5H5.2ClH.Hf/c1-3-7-12-10(5-1)9-11-6-2-4-8-13(11)12;1-6(2)5-7(3)4;1-2-4-5-3-1;;;/h1-9H;6-7H,1-4H3;1-3H,4H2;2*1H;/q-1;;-1;;;+2/p-2. The van der Waals surface area contributed by atoms with Crippen molar-refractivity contribution in [2.24, 2.45) is 11.8 Å². The maximum absolute atomic E-state index is 2.99. The van der Waals surface area contributed by atoms with Crippen molar-refractivity contribution in [1.29, 1.82) is 0 Å². The molecule has 28 heavy (non-hydrogen) atoms. The summed E-state index contributed by atoms with van der Waals surface area (Å²) >= 11 is 1.27. The molecule has 1 aliphatic carbocycles. The van der Waals surface area contributed by atoms with Crippen LogP contribution in [-0.4, -0.2) is 3.26 Å². The first-order valence-corrected chi connectivity index (χ1v) is 11.1. The van der Waals surface area contributed by atoms with E-state index < -0.39 is 0 Å². The van der Waals surface area contributed by atoms with E-state index in [-0.39, 0.29) is 24.8 Å². The molecule has 0 nitrogen and oxygen atoms in total. The maximum atomic E-state index is 2.99. The molecule has 3 aromatic carbocycles.